The van der Waals surface area contributed by atoms with Crippen LogP contribution in [0.1, 0.15) is 5.69 Å². The maximum Gasteiger partial charge on any atom is 0.244 e. The molecule has 1 aliphatic rings. The van der Waals surface area contributed by atoms with E-state index >= 15 is 0 Å². The van der Waals surface area contributed by atoms with E-state index in [0.29, 0.717) is 18.8 Å². The number of H-pyrrole nitrogens is 1. The first-order valence-electron chi connectivity index (χ1n) is 5.96. The molecular formula is C11H19N3O4S. The van der Waals surface area contributed by atoms with E-state index in [1.807, 2.05) is 0 Å². The fourth-order valence-corrected chi connectivity index (χ4v) is 3.68. The number of nitrogens with two attached hydrogens (primary N) is 1. The quantitative estimate of drug-likeness (QED) is 0.762. The lowest BCUT2D eigenvalue weighted by Gasteiger charge is -2.14. The monoisotopic (exact) mass is 289 g/mol. The molecule has 0 bridgehead atoms. The molecule has 1 aromatic rings. The summed E-state index contributed by atoms with van der Waals surface area (Å²) in [6, 6.07) is 1.55. The maximum absolute atomic E-state index is 12.4. The lowest BCUT2D eigenvalue weighted by atomic mass is 10.3. The number of aromatic amines is 1. The Labute approximate surface area is 112 Å². The fraction of sp³-hybridized carbons (Fsp3) is 0.636. The van der Waals surface area contributed by atoms with Gasteiger partial charge in [0.2, 0.25) is 10.0 Å². The molecule has 1 saturated heterocycles. The SMILES string of the molecule is COC1CN(S(=O)(=O)c2c[nH]c(CN)c2)CC1OC. The minimum absolute atomic E-state index is 0.222. The number of hydrogen-bond acceptors (Lipinski definition) is 5. The van der Waals surface area contributed by atoms with E-state index in [2.05, 4.69) is 4.98 Å². The summed E-state index contributed by atoms with van der Waals surface area (Å²) in [7, 11) is -0.425. The number of hydrogen-bond donors (Lipinski definition) is 2. The van der Waals surface area contributed by atoms with E-state index in [1.165, 1.54) is 10.5 Å². The van der Waals surface area contributed by atoms with Gasteiger partial charge in [0.1, 0.15) is 0 Å². The molecule has 3 N–H and O–H groups in total. The highest BCUT2D eigenvalue weighted by molar-refractivity contribution is 7.89. The van der Waals surface area contributed by atoms with Gasteiger partial charge in [-0.15, -0.1) is 0 Å². The molecule has 1 fully saturated rings. The average molecular weight is 289 g/mol. The molecule has 19 heavy (non-hydrogen) atoms. The molecule has 0 amide bonds. The van der Waals surface area contributed by atoms with E-state index < -0.39 is 10.0 Å². The molecular weight excluding hydrogens is 270 g/mol. The van der Waals surface area contributed by atoms with Crippen LogP contribution in [0.2, 0.25) is 0 Å². The molecule has 7 nitrogen and oxygen atoms in total. The van der Waals surface area contributed by atoms with Crippen LogP contribution < -0.4 is 5.73 Å². The first-order chi connectivity index (χ1) is 9.02. The molecule has 1 aromatic heterocycles. The second-order valence-electron chi connectivity index (χ2n) is 4.44. The third-order valence-corrected chi connectivity index (χ3v) is 5.17. The van der Waals surface area contributed by atoms with Crippen molar-refractivity contribution < 1.29 is 17.9 Å². The number of aromatic nitrogens is 1. The first kappa shape index (κ1) is 14.5. The molecule has 2 unspecified atom stereocenters. The van der Waals surface area contributed by atoms with Gasteiger partial charge < -0.3 is 20.2 Å². The highest BCUT2D eigenvalue weighted by atomic mass is 32.2. The number of ether oxygens (including phenoxy) is 2. The molecule has 1 aliphatic heterocycles. The molecule has 0 aromatic carbocycles. The summed E-state index contributed by atoms with van der Waals surface area (Å²) in [4.78, 5) is 3.06. The van der Waals surface area contributed by atoms with Gasteiger partial charge in [-0.2, -0.15) is 4.31 Å². The Hall–Kier alpha value is -0.930. The van der Waals surface area contributed by atoms with Crippen molar-refractivity contribution in [1.82, 2.24) is 9.29 Å². The van der Waals surface area contributed by atoms with Crippen LogP contribution in [0.3, 0.4) is 0 Å². The van der Waals surface area contributed by atoms with E-state index in [0.717, 1.165) is 0 Å². The van der Waals surface area contributed by atoms with Crippen LogP contribution in [-0.2, 0) is 26.0 Å². The lowest BCUT2D eigenvalue weighted by molar-refractivity contribution is -0.00461. The van der Waals surface area contributed by atoms with Crippen molar-refractivity contribution in [2.45, 2.75) is 23.6 Å². The number of nitrogens with one attached hydrogen (secondary N) is 1. The Balaban J connectivity index is 2.21. The molecule has 8 heteroatoms. The normalized spacial score (nSPS) is 25.0. The van der Waals surface area contributed by atoms with Gasteiger partial charge in [0, 0.05) is 45.7 Å². The van der Waals surface area contributed by atoms with Crippen LogP contribution in [0.4, 0.5) is 0 Å². The zero-order chi connectivity index (χ0) is 14.0. The predicted molar refractivity (Wildman–Crippen MR) is 69.0 cm³/mol. The van der Waals surface area contributed by atoms with Crippen LogP contribution in [-0.4, -0.2) is 57.2 Å². The highest BCUT2D eigenvalue weighted by Crippen LogP contribution is 2.24. The second-order valence-corrected chi connectivity index (χ2v) is 6.37. The second kappa shape index (κ2) is 5.59. The largest absolute Gasteiger partial charge is 0.377 e. The molecule has 2 rings (SSSR count). The summed E-state index contributed by atoms with van der Waals surface area (Å²) in [5, 5.41) is 0. The summed E-state index contributed by atoms with van der Waals surface area (Å²) in [5.74, 6) is 0. The summed E-state index contributed by atoms with van der Waals surface area (Å²) in [6.07, 6.45) is 0.972. The van der Waals surface area contributed by atoms with Crippen molar-refractivity contribution >= 4 is 10.0 Å². The molecule has 0 aliphatic carbocycles. The summed E-state index contributed by atoms with van der Waals surface area (Å²) < 4.78 is 36.7. The summed E-state index contributed by atoms with van der Waals surface area (Å²) in [6.45, 7) is 0.859. The van der Waals surface area contributed by atoms with Crippen LogP contribution in [0.25, 0.3) is 0 Å². The van der Waals surface area contributed by atoms with E-state index in [4.69, 9.17) is 15.2 Å². The molecule has 108 valence electrons. The maximum atomic E-state index is 12.4. The molecule has 0 spiro atoms. The molecule has 0 radical (unpaired) electrons. The summed E-state index contributed by atoms with van der Waals surface area (Å²) >= 11 is 0. The third kappa shape index (κ3) is 2.67. The van der Waals surface area contributed by atoms with Gasteiger partial charge >= 0.3 is 0 Å². The topological polar surface area (TPSA) is 97.7 Å². The zero-order valence-corrected chi connectivity index (χ0v) is 11.8. The van der Waals surface area contributed by atoms with Crippen LogP contribution in [0, 0.1) is 0 Å². The van der Waals surface area contributed by atoms with Crippen molar-refractivity contribution in [2.75, 3.05) is 27.3 Å². The number of sulfonamides is 1. The highest BCUT2D eigenvalue weighted by Gasteiger charge is 2.40. The lowest BCUT2D eigenvalue weighted by Crippen LogP contribution is -2.30. The van der Waals surface area contributed by atoms with Crippen LogP contribution in [0.5, 0.6) is 0 Å². The van der Waals surface area contributed by atoms with Gasteiger partial charge in [-0.1, -0.05) is 0 Å². The smallest absolute Gasteiger partial charge is 0.244 e. The van der Waals surface area contributed by atoms with Crippen molar-refractivity contribution in [3.63, 3.8) is 0 Å². The zero-order valence-electron chi connectivity index (χ0n) is 11.0. The summed E-state index contributed by atoms with van der Waals surface area (Å²) in [5.41, 5.74) is 6.15. The fourth-order valence-electron chi connectivity index (χ4n) is 2.19. The van der Waals surface area contributed by atoms with Gasteiger partial charge in [-0.25, -0.2) is 8.42 Å². The number of rotatable bonds is 5. The Morgan fingerprint density at radius 1 is 1.37 bits per heavy atom. The Morgan fingerprint density at radius 2 is 1.95 bits per heavy atom. The van der Waals surface area contributed by atoms with Crippen molar-refractivity contribution in [3.05, 3.63) is 18.0 Å². The van der Waals surface area contributed by atoms with Gasteiger partial charge in [0.05, 0.1) is 17.1 Å². The van der Waals surface area contributed by atoms with Crippen molar-refractivity contribution in [3.8, 4) is 0 Å². The van der Waals surface area contributed by atoms with Gasteiger partial charge in [0.25, 0.3) is 0 Å². The van der Waals surface area contributed by atoms with Crippen LogP contribution in [0.15, 0.2) is 17.2 Å². The van der Waals surface area contributed by atoms with Gasteiger partial charge in [-0.3, -0.25) is 0 Å². The Kier molecular flexibility index (Phi) is 4.26. The van der Waals surface area contributed by atoms with Crippen molar-refractivity contribution in [1.29, 1.82) is 0 Å². The average Bonchev–Trinajstić information content (AvgIpc) is 3.05. The third-order valence-electron chi connectivity index (χ3n) is 3.36. The minimum atomic E-state index is -3.53. The van der Waals surface area contributed by atoms with Crippen molar-refractivity contribution in [2.24, 2.45) is 5.73 Å². The Morgan fingerprint density at radius 3 is 2.37 bits per heavy atom. The van der Waals surface area contributed by atoms with Crippen LogP contribution >= 0.6 is 0 Å². The Bertz CT molecular complexity index is 516. The predicted octanol–water partition coefficient (Wildman–Crippen LogP) is -0.492. The molecule has 2 atom stereocenters. The van der Waals surface area contributed by atoms with Gasteiger partial charge in [-0.05, 0) is 6.07 Å². The molecule has 2 heterocycles. The number of methoxy groups -OCH3 is 2. The van der Waals surface area contributed by atoms with E-state index in [9.17, 15) is 8.42 Å². The molecule has 0 saturated carbocycles. The van der Waals surface area contributed by atoms with Gasteiger partial charge in [0.15, 0.2) is 0 Å². The van der Waals surface area contributed by atoms with E-state index in [-0.39, 0.29) is 23.6 Å². The van der Waals surface area contributed by atoms with E-state index in [1.54, 1.807) is 20.3 Å². The first-order valence-corrected chi connectivity index (χ1v) is 7.40. The number of nitrogens with zero attached hydrogens (tertiary/aromatic N) is 1. The standard InChI is InChI=1S/C11H19N3O4S/c1-17-10-6-14(7-11(10)18-2)19(15,16)9-3-8(4-12)13-5-9/h3,5,10-11,13H,4,6-7,12H2,1-2H3. The minimum Gasteiger partial charge on any atom is -0.377 e.